The van der Waals surface area contributed by atoms with E-state index >= 15 is 0 Å². The molecule has 4 nitrogen and oxygen atoms in total. The highest BCUT2D eigenvalue weighted by Gasteiger charge is 2.19. The fraction of sp³-hybridized carbons (Fsp3) is 0.538. The maximum Gasteiger partial charge on any atom is 0.0889 e. The Morgan fingerprint density at radius 1 is 1.59 bits per heavy atom. The number of nitrogens with two attached hydrogens (primary N) is 1. The monoisotopic (exact) mass is 232 g/mol. The molecule has 0 amide bonds. The van der Waals surface area contributed by atoms with Gasteiger partial charge in [0.15, 0.2) is 0 Å². The molecule has 0 spiro atoms. The molecule has 1 aliphatic carbocycles. The lowest BCUT2D eigenvalue weighted by atomic mass is 10.2. The van der Waals surface area contributed by atoms with Crippen LogP contribution in [0.25, 0.3) is 12.3 Å². The summed E-state index contributed by atoms with van der Waals surface area (Å²) in [7, 11) is 0. The third-order valence-corrected chi connectivity index (χ3v) is 3.05. The van der Waals surface area contributed by atoms with E-state index in [0.717, 1.165) is 34.6 Å². The number of hydrogen-bond acceptors (Lipinski definition) is 3. The van der Waals surface area contributed by atoms with Crippen molar-refractivity contribution in [3.8, 4) is 0 Å². The molecule has 0 saturated heterocycles. The van der Waals surface area contributed by atoms with Crippen LogP contribution in [0.15, 0.2) is 11.2 Å². The summed E-state index contributed by atoms with van der Waals surface area (Å²) in [6.07, 6.45) is 4.99. The summed E-state index contributed by atoms with van der Waals surface area (Å²) in [5.41, 5.74) is 6.94. The van der Waals surface area contributed by atoms with Gasteiger partial charge in [0.1, 0.15) is 0 Å². The van der Waals surface area contributed by atoms with Crippen LogP contribution in [0.4, 0.5) is 0 Å². The van der Waals surface area contributed by atoms with Gasteiger partial charge in [-0.3, -0.25) is 9.67 Å². The second-order valence-electron chi connectivity index (χ2n) is 4.41. The minimum Gasteiger partial charge on any atom is -0.401 e. The molecular weight excluding hydrogens is 212 g/mol. The zero-order valence-electron chi connectivity index (χ0n) is 10.6. The van der Waals surface area contributed by atoms with Gasteiger partial charge < -0.3 is 5.73 Å². The first-order valence-corrected chi connectivity index (χ1v) is 6.25. The Morgan fingerprint density at radius 2 is 2.29 bits per heavy atom. The molecular formula is C13H20N4. The Labute approximate surface area is 101 Å². The van der Waals surface area contributed by atoms with Crippen LogP contribution < -0.4 is 21.7 Å². The second kappa shape index (κ2) is 4.73. The van der Waals surface area contributed by atoms with Gasteiger partial charge in [0.25, 0.3) is 0 Å². The fourth-order valence-corrected chi connectivity index (χ4v) is 1.83. The minimum absolute atomic E-state index is 0.470. The molecule has 0 bridgehead atoms. The van der Waals surface area contributed by atoms with Crippen LogP contribution in [0.2, 0.25) is 0 Å². The largest absolute Gasteiger partial charge is 0.401 e. The summed E-state index contributed by atoms with van der Waals surface area (Å²) in [4.78, 5) is 4.66. The smallest absolute Gasteiger partial charge is 0.0889 e. The first-order chi connectivity index (χ1) is 8.17. The summed E-state index contributed by atoms with van der Waals surface area (Å²) >= 11 is 0. The Morgan fingerprint density at radius 3 is 2.82 bits per heavy atom. The highest BCUT2D eigenvalue weighted by atomic mass is 15.3. The zero-order valence-corrected chi connectivity index (χ0v) is 10.6. The van der Waals surface area contributed by atoms with Crippen LogP contribution in [-0.4, -0.2) is 15.8 Å². The van der Waals surface area contributed by atoms with E-state index in [2.05, 4.69) is 16.7 Å². The van der Waals surface area contributed by atoms with Crippen molar-refractivity contribution in [2.75, 3.05) is 0 Å². The van der Waals surface area contributed by atoms with E-state index in [9.17, 15) is 0 Å². The molecule has 4 heteroatoms. The normalized spacial score (nSPS) is 18.4. The van der Waals surface area contributed by atoms with Crippen molar-refractivity contribution in [3.63, 3.8) is 0 Å². The van der Waals surface area contributed by atoms with Crippen molar-refractivity contribution in [1.29, 1.82) is 0 Å². The molecule has 1 aromatic heterocycles. The van der Waals surface area contributed by atoms with Gasteiger partial charge in [-0.15, -0.1) is 0 Å². The molecule has 0 aromatic carbocycles. The molecule has 2 rings (SSSR count). The maximum absolute atomic E-state index is 6.09. The molecule has 0 aliphatic heterocycles. The third-order valence-electron chi connectivity index (χ3n) is 3.05. The molecule has 1 fully saturated rings. The zero-order chi connectivity index (χ0) is 12.4. The van der Waals surface area contributed by atoms with Gasteiger partial charge in [0.05, 0.1) is 22.9 Å². The van der Waals surface area contributed by atoms with Crippen LogP contribution in [0, 0.1) is 0 Å². The summed E-state index contributed by atoms with van der Waals surface area (Å²) < 4.78 is 1.86. The third kappa shape index (κ3) is 2.40. The van der Waals surface area contributed by atoms with Crippen LogP contribution in [0.1, 0.15) is 33.1 Å². The molecule has 0 atom stereocenters. The Balaban J connectivity index is 2.78. The molecule has 2 N–H and O–H groups in total. The number of hydrogen-bond donors (Lipinski definition) is 1. The van der Waals surface area contributed by atoms with Gasteiger partial charge in [-0.05, 0) is 26.2 Å². The van der Waals surface area contributed by atoms with E-state index in [1.165, 1.54) is 12.8 Å². The molecule has 0 unspecified atom stereocenters. The number of aryl methyl sites for hydroxylation is 1. The Bertz CT molecular complexity index is 578. The van der Waals surface area contributed by atoms with E-state index in [1.54, 1.807) is 0 Å². The number of aromatic nitrogens is 2. The molecule has 0 radical (unpaired) electrons. The van der Waals surface area contributed by atoms with E-state index in [-0.39, 0.29) is 0 Å². The molecule has 1 heterocycles. The van der Waals surface area contributed by atoms with Gasteiger partial charge >= 0.3 is 0 Å². The van der Waals surface area contributed by atoms with Gasteiger partial charge in [0, 0.05) is 17.5 Å². The fourth-order valence-electron chi connectivity index (χ4n) is 1.83. The molecule has 1 aliphatic rings. The molecule has 1 aromatic rings. The van der Waals surface area contributed by atoms with Crippen molar-refractivity contribution >= 4 is 12.3 Å². The average Bonchev–Trinajstić information content (AvgIpc) is 3.13. The minimum atomic E-state index is 0.470. The average molecular weight is 232 g/mol. The summed E-state index contributed by atoms with van der Waals surface area (Å²) in [5, 5.41) is 7.10. The number of nitrogens with zero attached hydrogens (tertiary/aromatic N) is 3. The second-order valence-corrected chi connectivity index (χ2v) is 4.41. The molecule has 1 saturated carbocycles. The van der Waals surface area contributed by atoms with Crippen LogP contribution in [-0.2, 0) is 6.54 Å². The van der Waals surface area contributed by atoms with E-state index in [1.807, 2.05) is 24.7 Å². The van der Waals surface area contributed by atoms with Gasteiger partial charge in [-0.1, -0.05) is 13.5 Å². The van der Waals surface area contributed by atoms with E-state index in [0.29, 0.717) is 6.04 Å². The van der Waals surface area contributed by atoms with Gasteiger partial charge in [-0.2, -0.15) is 5.10 Å². The molecule has 92 valence electrons. The highest BCUT2D eigenvalue weighted by molar-refractivity contribution is 5.39. The van der Waals surface area contributed by atoms with Gasteiger partial charge in [0.2, 0.25) is 0 Å². The first-order valence-electron chi connectivity index (χ1n) is 6.25. The van der Waals surface area contributed by atoms with Crippen molar-refractivity contribution in [2.45, 2.75) is 45.7 Å². The van der Waals surface area contributed by atoms with Crippen molar-refractivity contribution in [2.24, 2.45) is 10.7 Å². The predicted octanol–water partition coefficient (Wildman–Crippen LogP) is -0.147. The van der Waals surface area contributed by atoms with Crippen molar-refractivity contribution < 1.29 is 0 Å². The van der Waals surface area contributed by atoms with E-state index < -0.39 is 0 Å². The summed E-state index contributed by atoms with van der Waals surface area (Å²) in [5.74, 6) is 0. The predicted molar refractivity (Wildman–Crippen MR) is 69.1 cm³/mol. The van der Waals surface area contributed by atoms with Crippen LogP contribution >= 0.6 is 0 Å². The van der Waals surface area contributed by atoms with Crippen molar-refractivity contribution in [1.82, 2.24) is 9.78 Å². The highest BCUT2D eigenvalue weighted by Crippen LogP contribution is 2.22. The Kier molecular flexibility index (Phi) is 3.31. The van der Waals surface area contributed by atoms with Crippen LogP contribution in [0.3, 0.4) is 0 Å². The summed E-state index contributed by atoms with van der Waals surface area (Å²) in [6.45, 7) is 8.98. The maximum atomic E-state index is 6.09. The standard InChI is InChI=1S/C13H20N4/c1-4-11(14)13-9(3)17(5-2)15-8-12(13)16-10-6-7-10/h8,10H,3-7,14H2,1-2H3. The lowest BCUT2D eigenvalue weighted by molar-refractivity contribution is 0.608. The Hall–Kier alpha value is -1.58. The van der Waals surface area contributed by atoms with Crippen LogP contribution in [0.5, 0.6) is 0 Å². The van der Waals surface area contributed by atoms with E-state index in [4.69, 9.17) is 5.73 Å². The van der Waals surface area contributed by atoms with Gasteiger partial charge in [-0.25, -0.2) is 0 Å². The lowest BCUT2D eigenvalue weighted by Crippen LogP contribution is -2.48. The molecule has 17 heavy (non-hydrogen) atoms. The van der Waals surface area contributed by atoms with Crippen molar-refractivity contribution in [3.05, 3.63) is 22.1 Å². The topological polar surface area (TPSA) is 56.2 Å². The quantitative estimate of drug-likeness (QED) is 0.788. The SMILES string of the molecule is C=c1c(=C(N)CC)c(=NC2CC2)cnn1CC. The number of rotatable bonds is 3. The lowest BCUT2D eigenvalue weighted by Gasteiger charge is -2.05. The summed E-state index contributed by atoms with van der Waals surface area (Å²) in [6, 6.07) is 0.470. The first kappa shape index (κ1) is 11.9.